The number of aliphatic hydroxyl groups excluding tert-OH is 1. The van der Waals surface area contributed by atoms with E-state index < -0.39 is 7.26 Å². The molecule has 0 fully saturated rings. The third kappa shape index (κ3) is 6.89. The summed E-state index contributed by atoms with van der Waals surface area (Å²) in [6.45, 7) is 6.80. The van der Waals surface area contributed by atoms with Gasteiger partial charge in [0.15, 0.2) is 0 Å². The van der Waals surface area contributed by atoms with Crippen LogP contribution < -0.4 is 0 Å². The molecule has 140 valence electrons. The van der Waals surface area contributed by atoms with Crippen LogP contribution in [0.25, 0.3) is 5.31 Å². The predicted molar refractivity (Wildman–Crippen MR) is 113 cm³/mol. The first-order valence-corrected chi connectivity index (χ1v) is 12.1. The lowest BCUT2D eigenvalue weighted by atomic mass is 10.2. The second-order valence-electron chi connectivity index (χ2n) is 6.73. The van der Waals surface area contributed by atoms with Gasteiger partial charge >= 0.3 is 5.95 Å². The van der Waals surface area contributed by atoms with Crippen molar-refractivity contribution in [2.24, 2.45) is 0 Å². The minimum absolute atomic E-state index is 0.0901. The molecule has 1 aromatic rings. The highest BCUT2D eigenvalue weighted by Gasteiger charge is 2.41. The van der Waals surface area contributed by atoms with Crippen molar-refractivity contribution in [3.05, 3.63) is 47.6 Å². The van der Waals surface area contributed by atoms with Crippen LogP contribution in [0.15, 0.2) is 42.0 Å². The topological polar surface area (TPSA) is 29.5 Å². The third-order valence-electron chi connectivity index (χ3n) is 4.76. The fourth-order valence-corrected chi connectivity index (χ4v) is 8.40. The first-order valence-electron chi connectivity index (χ1n) is 9.79. The Labute approximate surface area is 155 Å². The highest BCUT2D eigenvalue weighted by atomic mass is 31.2. The molecule has 0 bridgehead atoms. The van der Waals surface area contributed by atoms with Crippen LogP contribution in [0.3, 0.4) is 0 Å². The smallest absolute Gasteiger partial charge is 0.328 e. The molecule has 1 N–H and O–H groups in total. The van der Waals surface area contributed by atoms with Gasteiger partial charge in [0.05, 0.1) is 32.9 Å². The monoisotopic (exact) mass is 363 g/mol. The molecule has 0 amide bonds. The van der Waals surface area contributed by atoms with Crippen LogP contribution >= 0.6 is 7.26 Å². The molecule has 0 saturated heterocycles. The van der Waals surface area contributed by atoms with Gasteiger partial charge in [-0.05, 0) is 19.3 Å². The SMILES string of the molecule is CCCC[P+](CCCC)(CCCC)C(=C=C(O)OC)c1ccccc1. The number of benzene rings is 1. The van der Waals surface area contributed by atoms with Crippen LogP contribution in [0.5, 0.6) is 0 Å². The van der Waals surface area contributed by atoms with E-state index in [1.807, 2.05) is 6.07 Å². The summed E-state index contributed by atoms with van der Waals surface area (Å²) in [5.41, 5.74) is 4.46. The molecule has 0 aliphatic rings. The molecule has 1 rings (SSSR count). The van der Waals surface area contributed by atoms with Gasteiger partial charge in [0, 0.05) is 11.3 Å². The molecule has 0 aliphatic heterocycles. The molecule has 0 aromatic heterocycles. The maximum Gasteiger partial charge on any atom is 0.328 e. The van der Waals surface area contributed by atoms with E-state index in [0.717, 1.165) is 0 Å². The molecule has 0 saturated carbocycles. The van der Waals surface area contributed by atoms with E-state index in [4.69, 9.17) is 4.74 Å². The van der Waals surface area contributed by atoms with Gasteiger partial charge in [-0.15, -0.1) is 0 Å². The molecule has 1 aromatic carbocycles. The second kappa shape index (κ2) is 12.2. The normalized spacial score (nSPS) is 11.0. The summed E-state index contributed by atoms with van der Waals surface area (Å²) in [6.07, 6.45) is 11.1. The van der Waals surface area contributed by atoms with E-state index in [1.54, 1.807) is 0 Å². The van der Waals surface area contributed by atoms with Gasteiger partial charge in [-0.3, -0.25) is 0 Å². The summed E-state index contributed by atoms with van der Waals surface area (Å²) < 4.78 is 5.07. The minimum Gasteiger partial charge on any atom is -0.475 e. The van der Waals surface area contributed by atoms with E-state index in [-0.39, 0.29) is 5.95 Å². The van der Waals surface area contributed by atoms with Crippen molar-refractivity contribution in [3.8, 4) is 0 Å². The van der Waals surface area contributed by atoms with Gasteiger partial charge in [0.25, 0.3) is 0 Å². The molecule has 0 atom stereocenters. The molecule has 3 heteroatoms. The molecule has 25 heavy (non-hydrogen) atoms. The van der Waals surface area contributed by atoms with Gasteiger partial charge in [0.2, 0.25) is 0 Å². The predicted octanol–water partition coefficient (Wildman–Crippen LogP) is 7.09. The van der Waals surface area contributed by atoms with Gasteiger partial charge < -0.3 is 9.84 Å². The number of hydrogen-bond donors (Lipinski definition) is 1. The van der Waals surface area contributed by atoms with E-state index in [0.29, 0.717) is 0 Å². The first kappa shape index (κ1) is 21.8. The first-order chi connectivity index (χ1) is 12.1. The molecule has 2 nitrogen and oxygen atoms in total. The lowest BCUT2D eigenvalue weighted by molar-refractivity contribution is 0.138. The van der Waals surface area contributed by atoms with Gasteiger partial charge in [0.1, 0.15) is 5.31 Å². The van der Waals surface area contributed by atoms with Crippen molar-refractivity contribution >= 4 is 12.6 Å². The van der Waals surface area contributed by atoms with Crippen LogP contribution in [0.1, 0.15) is 64.9 Å². The molecular formula is C22H36O2P+. The summed E-state index contributed by atoms with van der Waals surface area (Å²) in [6, 6.07) is 10.5. The van der Waals surface area contributed by atoms with Crippen molar-refractivity contribution in [2.45, 2.75) is 59.3 Å². The fraction of sp³-hybridized carbons (Fsp3) is 0.591. The third-order valence-corrected chi connectivity index (χ3v) is 9.59. The number of ether oxygens (including phenoxy) is 1. The Morgan fingerprint density at radius 3 is 1.80 bits per heavy atom. The van der Waals surface area contributed by atoms with Gasteiger partial charge in [-0.1, -0.05) is 70.4 Å². The molecular weight excluding hydrogens is 327 g/mol. The van der Waals surface area contributed by atoms with Gasteiger partial charge in [-0.2, -0.15) is 0 Å². The highest BCUT2D eigenvalue weighted by Crippen LogP contribution is 2.70. The standard InChI is InChI=1S/C22H35O2P/c1-5-8-16-25(17-9-6-2,18-10-7-3)21(19-22(23)24-4)20-14-12-11-13-15-20/h11-15H,5-10,16-18H2,1-4H3/p+1. The van der Waals surface area contributed by atoms with Crippen molar-refractivity contribution < 1.29 is 9.84 Å². The summed E-state index contributed by atoms with van der Waals surface area (Å²) in [5.74, 6) is -0.0901. The van der Waals surface area contributed by atoms with Crippen LogP contribution in [0.2, 0.25) is 0 Å². The van der Waals surface area contributed by atoms with Crippen molar-refractivity contribution in [2.75, 3.05) is 25.6 Å². The Morgan fingerprint density at radius 2 is 1.40 bits per heavy atom. The van der Waals surface area contributed by atoms with E-state index >= 15 is 0 Å². The zero-order valence-corrected chi connectivity index (χ0v) is 17.4. The molecule has 0 radical (unpaired) electrons. The average Bonchev–Trinajstić information content (AvgIpc) is 2.66. The van der Waals surface area contributed by atoms with E-state index in [9.17, 15) is 5.11 Å². The summed E-state index contributed by atoms with van der Waals surface area (Å²) >= 11 is 0. The van der Waals surface area contributed by atoms with Crippen LogP contribution in [0.4, 0.5) is 0 Å². The summed E-state index contributed by atoms with van der Waals surface area (Å²) in [7, 11) is 0.109. The second-order valence-corrected chi connectivity index (χ2v) is 10.8. The summed E-state index contributed by atoms with van der Waals surface area (Å²) in [4.78, 5) is 0. The maximum absolute atomic E-state index is 10.1. The lowest BCUT2D eigenvalue weighted by Crippen LogP contribution is -2.11. The number of aliphatic hydroxyl groups is 1. The van der Waals surface area contributed by atoms with E-state index in [1.165, 1.54) is 75.0 Å². The van der Waals surface area contributed by atoms with Crippen LogP contribution in [-0.2, 0) is 4.74 Å². The van der Waals surface area contributed by atoms with Crippen LogP contribution in [0, 0.1) is 0 Å². The molecule has 0 unspecified atom stereocenters. The van der Waals surface area contributed by atoms with Crippen molar-refractivity contribution in [1.82, 2.24) is 0 Å². The highest BCUT2D eigenvalue weighted by molar-refractivity contribution is 7.85. The number of methoxy groups -OCH3 is 1. The molecule has 0 heterocycles. The Balaban J connectivity index is 3.51. The van der Waals surface area contributed by atoms with Gasteiger partial charge in [-0.25, -0.2) is 0 Å². The number of rotatable bonds is 12. The average molecular weight is 364 g/mol. The van der Waals surface area contributed by atoms with Crippen LogP contribution in [-0.4, -0.2) is 30.7 Å². The quantitative estimate of drug-likeness (QED) is 0.244. The molecule has 0 spiro atoms. The van der Waals surface area contributed by atoms with Crippen molar-refractivity contribution in [3.63, 3.8) is 0 Å². The zero-order chi connectivity index (χ0) is 18.5. The Hall–Kier alpha value is -1.23. The number of unbranched alkanes of at least 4 members (excludes halogenated alkanes) is 3. The Bertz CT molecular complexity index is 523. The lowest BCUT2D eigenvalue weighted by Gasteiger charge is -2.29. The maximum atomic E-state index is 10.1. The zero-order valence-electron chi connectivity index (χ0n) is 16.6. The number of hydrogen-bond acceptors (Lipinski definition) is 2. The summed E-state index contributed by atoms with van der Waals surface area (Å²) in [5, 5.41) is 11.3. The minimum atomic E-state index is -1.40. The van der Waals surface area contributed by atoms with E-state index in [2.05, 4.69) is 50.8 Å². The Morgan fingerprint density at radius 1 is 0.920 bits per heavy atom. The fourth-order valence-electron chi connectivity index (χ4n) is 3.27. The largest absolute Gasteiger partial charge is 0.475 e. The Kier molecular flexibility index (Phi) is 10.6. The molecule has 0 aliphatic carbocycles. The van der Waals surface area contributed by atoms with Crippen molar-refractivity contribution in [1.29, 1.82) is 0 Å².